The maximum atomic E-state index is 11.2. The number of hydrogen-bond acceptors (Lipinski definition) is 3. The number of ether oxygens (including phenoxy) is 1. The molecule has 1 N–H and O–H groups in total. The number of carboxylic acid groups (broad SMARTS) is 1. The normalized spacial score (nSPS) is 19.1. The van der Waals surface area contributed by atoms with Gasteiger partial charge in [-0.1, -0.05) is 65.7 Å². The molecule has 166 valence electrons. The Hall–Kier alpha value is -2.37. The molecule has 1 aliphatic heterocycles. The lowest BCUT2D eigenvalue weighted by Crippen LogP contribution is -2.42. The van der Waals surface area contributed by atoms with E-state index in [1.54, 1.807) is 18.2 Å². The summed E-state index contributed by atoms with van der Waals surface area (Å²) >= 11 is 12.3. The minimum atomic E-state index is -0.911. The van der Waals surface area contributed by atoms with Gasteiger partial charge in [0.1, 0.15) is 0 Å². The predicted molar refractivity (Wildman–Crippen MR) is 127 cm³/mol. The Morgan fingerprint density at radius 2 is 1.66 bits per heavy atom. The molecule has 32 heavy (non-hydrogen) atoms. The van der Waals surface area contributed by atoms with Gasteiger partial charge in [0.05, 0.1) is 24.3 Å². The van der Waals surface area contributed by atoms with Gasteiger partial charge < -0.3 is 9.84 Å². The Balaban J connectivity index is 1.54. The molecule has 0 spiro atoms. The molecule has 0 unspecified atom stereocenters. The Morgan fingerprint density at radius 3 is 2.31 bits per heavy atom. The smallest absolute Gasteiger partial charge is 0.335 e. The SMILES string of the molecule is O=C(O)c1ccc(CN2CCC[C@H](OCc3cc(Cl)cc(Cl)c3)[C@@H]2c2ccccc2)cc1. The number of halogens is 2. The third-order valence-electron chi connectivity index (χ3n) is 5.79. The lowest BCUT2D eigenvalue weighted by molar-refractivity contribution is -0.0553. The molecule has 0 aromatic heterocycles. The third kappa shape index (κ3) is 5.70. The van der Waals surface area contributed by atoms with Crippen LogP contribution in [0.3, 0.4) is 0 Å². The highest BCUT2D eigenvalue weighted by molar-refractivity contribution is 6.34. The van der Waals surface area contributed by atoms with E-state index in [0.29, 0.717) is 22.2 Å². The second-order valence-corrected chi connectivity index (χ2v) is 8.97. The fraction of sp³-hybridized carbons (Fsp3) is 0.269. The highest BCUT2D eigenvalue weighted by atomic mass is 35.5. The van der Waals surface area contributed by atoms with Gasteiger partial charge in [-0.05, 0) is 66.4 Å². The summed E-state index contributed by atoms with van der Waals surface area (Å²) in [6, 6.07) is 23.1. The highest BCUT2D eigenvalue weighted by Gasteiger charge is 2.33. The minimum Gasteiger partial charge on any atom is -0.478 e. The van der Waals surface area contributed by atoms with Crippen LogP contribution in [0.4, 0.5) is 0 Å². The largest absolute Gasteiger partial charge is 0.478 e. The van der Waals surface area contributed by atoms with Gasteiger partial charge in [-0.15, -0.1) is 0 Å². The summed E-state index contributed by atoms with van der Waals surface area (Å²) in [7, 11) is 0. The molecule has 4 rings (SSSR count). The standard InChI is InChI=1S/C26H25Cl2NO3/c27-22-13-19(14-23(28)15-22)17-32-24-7-4-12-29(25(24)20-5-2-1-3-6-20)16-18-8-10-21(11-9-18)26(30)31/h1-3,5-6,8-11,13-15,24-25H,4,7,12,16-17H2,(H,30,31)/t24-,25-/m0/s1. The van der Waals surface area contributed by atoms with E-state index in [-0.39, 0.29) is 12.1 Å². The van der Waals surface area contributed by atoms with E-state index < -0.39 is 5.97 Å². The molecule has 6 heteroatoms. The zero-order valence-electron chi connectivity index (χ0n) is 17.6. The summed E-state index contributed by atoms with van der Waals surface area (Å²) in [5.74, 6) is -0.911. The topological polar surface area (TPSA) is 49.8 Å². The van der Waals surface area contributed by atoms with Crippen molar-refractivity contribution in [1.29, 1.82) is 0 Å². The minimum absolute atomic E-state index is 0.0159. The molecular weight excluding hydrogens is 445 g/mol. The van der Waals surface area contributed by atoms with E-state index >= 15 is 0 Å². The number of hydrogen-bond donors (Lipinski definition) is 1. The zero-order chi connectivity index (χ0) is 22.5. The molecule has 1 heterocycles. The molecular formula is C26H25Cl2NO3. The average Bonchev–Trinajstić information content (AvgIpc) is 2.78. The second-order valence-electron chi connectivity index (χ2n) is 8.10. The molecule has 1 fully saturated rings. The van der Waals surface area contributed by atoms with E-state index in [1.807, 2.05) is 30.3 Å². The Kier molecular flexibility index (Phi) is 7.48. The monoisotopic (exact) mass is 469 g/mol. The maximum Gasteiger partial charge on any atom is 0.335 e. The molecule has 1 saturated heterocycles. The van der Waals surface area contributed by atoms with E-state index in [1.165, 1.54) is 5.56 Å². The molecule has 1 aliphatic rings. The number of piperidine rings is 1. The number of carbonyl (C=O) groups is 1. The first kappa shape index (κ1) is 22.8. The molecule has 0 aliphatic carbocycles. The number of benzene rings is 3. The van der Waals surface area contributed by atoms with Crippen LogP contribution in [0.15, 0.2) is 72.8 Å². The Morgan fingerprint density at radius 1 is 0.969 bits per heavy atom. The predicted octanol–water partition coefficient (Wildman–Crippen LogP) is 6.61. The third-order valence-corrected chi connectivity index (χ3v) is 6.23. The quantitative estimate of drug-likeness (QED) is 0.422. The Bertz CT molecular complexity index is 1040. The molecule has 3 aromatic carbocycles. The van der Waals surface area contributed by atoms with Crippen LogP contribution >= 0.6 is 23.2 Å². The average molecular weight is 470 g/mol. The number of likely N-dealkylation sites (tertiary alicyclic amines) is 1. The zero-order valence-corrected chi connectivity index (χ0v) is 19.1. The van der Waals surface area contributed by atoms with Crippen LogP contribution in [0, 0.1) is 0 Å². The van der Waals surface area contributed by atoms with Crippen molar-refractivity contribution >= 4 is 29.2 Å². The van der Waals surface area contributed by atoms with E-state index in [0.717, 1.165) is 37.1 Å². The lowest BCUT2D eigenvalue weighted by atomic mass is 9.91. The number of carboxylic acids is 1. The van der Waals surface area contributed by atoms with Gasteiger partial charge in [0.25, 0.3) is 0 Å². The molecule has 0 amide bonds. The number of rotatable bonds is 7. The van der Waals surface area contributed by atoms with E-state index in [4.69, 9.17) is 33.0 Å². The van der Waals surface area contributed by atoms with Crippen LogP contribution in [-0.2, 0) is 17.9 Å². The molecule has 0 radical (unpaired) electrons. The summed E-state index contributed by atoms with van der Waals surface area (Å²) < 4.78 is 6.43. The first-order valence-electron chi connectivity index (χ1n) is 10.7. The van der Waals surface area contributed by atoms with Gasteiger partial charge in [-0.2, -0.15) is 0 Å². The summed E-state index contributed by atoms with van der Waals surface area (Å²) in [6.07, 6.45) is 2.00. The van der Waals surface area contributed by atoms with Crippen LogP contribution in [0.2, 0.25) is 10.0 Å². The summed E-state index contributed by atoms with van der Waals surface area (Å²) in [4.78, 5) is 13.6. The van der Waals surface area contributed by atoms with Crippen molar-refractivity contribution in [2.75, 3.05) is 6.54 Å². The fourth-order valence-corrected chi connectivity index (χ4v) is 4.91. The van der Waals surface area contributed by atoms with Gasteiger partial charge in [0, 0.05) is 16.6 Å². The fourth-order valence-electron chi connectivity index (χ4n) is 4.34. The van der Waals surface area contributed by atoms with Crippen molar-refractivity contribution in [3.05, 3.63) is 105 Å². The first-order valence-corrected chi connectivity index (χ1v) is 11.4. The van der Waals surface area contributed by atoms with Crippen LogP contribution in [0.25, 0.3) is 0 Å². The van der Waals surface area contributed by atoms with Crippen molar-refractivity contribution in [3.63, 3.8) is 0 Å². The number of nitrogens with zero attached hydrogens (tertiary/aromatic N) is 1. The van der Waals surface area contributed by atoms with Crippen molar-refractivity contribution in [2.45, 2.75) is 38.1 Å². The van der Waals surface area contributed by atoms with Crippen LogP contribution in [0.1, 0.15) is 45.9 Å². The maximum absolute atomic E-state index is 11.2. The van der Waals surface area contributed by atoms with Crippen molar-refractivity contribution in [1.82, 2.24) is 4.90 Å². The molecule has 3 aromatic rings. The van der Waals surface area contributed by atoms with Gasteiger partial charge >= 0.3 is 5.97 Å². The van der Waals surface area contributed by atoms with Gasteiger partial charge in [-0.3, -0.25) is 4.90 Å². The van der Waals surface area contributed by atoms with E-state index in [2.05, 4.69) is 29.2 Å². The molecule has 4 nitrogen and oxygen atoms in total. The highest BCUT2D eigenvalue weighted by Crippen LogP contribution is 2.35. The van der Waals surface area contributed by atoms with Crippen molar-refractivity contribution in [3.8, 4) is 0 Å². The van der Waals surface area contributed by atoms with Gasteiger partial charge in [0.2, 0.25) is 0 Å². The van der Waals surface area contributed by atoms with Crippen molar-refractivity contribution in [2.24, 2.45) is 0 Å². The van der Waals surface area contributed by atoms with Crippen LogP contribution in [-0.4, -0.2) is 28.6 Å². The second kappa shape index (κ2) is 10.5. The summed E-state index contributed by atoms with van der Waals surface area (Å²) in [5, 5.41) is 10.4. The molecule has 0 saturated carbocycles. The van der Waals surface area contributed by atoms with Crippen LogP contribution < -0.4 is 0 Å². The van der Waals surface area contributed by atoms with Crippen LogP contribution in [0.5, 0.6) is 0 Å². The van der Waals surface area contributed by atoms with Gasteiger partial charge in [0.15, 0.2) is 0 Å². The molecule has 2 atom stereocenters. The molecule has 0 bridgehead atoms. The number of aromatic carboxylic acids is 1. The Labute approximate surface area is 198 Å². The van der Waals surface area contributed by atoms with Crippen molar-refractivity contribution < 1.29 is 14.6 Å². The van der Waals surface area contributed by atoms with E-state index in [9.17, 15) is 4.79 Å². The summed E-state index contributed by atoms with van der Waals surface area (Å²) in [6.45, 7) is 2.11. The summed E-state index contributed by atoms with van der Waals surface area (Å²) in [5.41, 5.74) is 3.55. The first-order chi connectivity index (χ1) is 15.5. The lowest BCUT2D eigenvalue weighted by Gasteiger charge is -2.41. The van der Waals surface area contributed by atoms with Gasteiger partial charge in [-0.25, -0.2) is 4.79 Å².